The minimum absolute atomic E-state index is 0. The minimum Gasteiger partial charge on any atom is -0.205 e. The van der Waals surface area contributed by atoms with E-state index in [2.05, 4.69) is 42.1 Å². The Kier molecular flexibility index (Phi) is 17.8. The van der Waals surface area contributed by atoms with Crippen molar-refractivity contribution < 1.29 is 4.57 Å². The Morgan fingerprint density at radius 1 is 0.522 bits per heavy atom. The Labute approximate surface area is 156 Å². The molecule has 0 aromatic carbocycles. The van der Waals surface area contributed by atoms with E-state index in [-0.39, 0.29) is 17.4 Å². The van der Waals surface area contributed by atoms with Gasteiger partial charge >= 0.3 is 17.4 Å². The third kappa shape index (κ3) is 15.0. The molecule has 23 heavy (non-hydrogen) atoms. The van der Waals surface area contributed by atoms with Crippen molar-refractivity contribution in [3.05, 3.63) is 30.6 Å². The van der Waals surface area contributed by atoms with Crippen molar-refractivity contribution in [2.24, 2.45) is 0 Å². The van der Waals surface area contributed by atoms with Crippen molar-refractivity contribution >= 4 is 17.4 Å². The zero-order valence-electron chi connectivity index (χ0n) is 15.5. The van der Waals surface area contributed by atoms with Gasteiger partial charge in [0, 0.05) is 18.6 Å². The van der Waals surface area contributed by atoms with E-state index in [9.17, 15) is 0 Å². The first-order valence-corrected chi connectivity index (χ1v) is 9.87. The first-order chi connectivity index (χ1) is 10.9. The molecule has 0 bridgehead atoms. The Morgan fingerprint density at radius 2 is 0.913 bits per heavy atom. The predicted octanol–water partition coefficient (Wildman–Crippen LogP) is 6.07. The zero-order chi connectivity index (χ0) is 15.7. The van der Waals surface area contributed by atoms with E-state index in [0.29, 0.717) is 0 Å². The van der Waals surface area contributed by atoms with Gasteiger partial charge in [0.1, 0.15) is 6.54 Å². The van der Waals surface area contributed by atoms with Gasteiger partial charge in [0.2, 0.25) is 0 Å². The zero-order valence-corrected chi connectivity index (χ0v) is 16.7. The molecule has 1 aromatic rings. The number of unbranched alkanes of at least 4 members (excludes halogenated alkanes) is 13. The van der Waals surface area contributed by atoms with Crippen molar-refractivity contribution in [2.75, 3.05) is 0 Å². The standard InChI is InChI=1S/C21H38N.Al/c1-2-3-4-5-6-7-8-9-10-11-12-13-14-16-19-22-20-17-15-18-21-22;/h15,17-18,20-21H,2-14,16,19H2,1H3;/q+1;+3. The molecule has 0 aliphatic heterocycles. The second kappa shape index (κ2) is 18.0. The summed E-state index contributed by atoms with van der Waals surface area (Å²) < 4.78 is 2.29. The number of hydrogen-bond acceptors (Lipinski definition) is 0. The van der Waals surface area contributed by atoms with Crippen LogP contribution in [0.2, 0.25) is 0 Å². The summed E-state index contributed by atoms with van der Waals surface area (Å²) >= 11 is 0. The average Bonchev–Trinajstić information content (AvgIpc) is 2.56. The molecule has 1 rings (SSSR count). The summed E-state index contributed by atoms with van der Waals surface area (Å²) in [5.41, 5.74) is 0. The molecule has 0 amide bonds. The summed E-state index contributed by atoms with van der Waals surface area (Å²) in [6, 6.07) is 6.31. The van der Waals surface area contributed by atoms with Crippen molar-refractivity contribution in [2.45, 2.75) is 103 Å². The monoisotopic (exact) mass is 331 g/mol. The van der Waals surface area contributed by atoms with Crippen molar-refractivity contribution in [1.82, 2.24) is 0 Å². The van der Waals surface area contributed by atoms with Crippen molar-refractivity contribution in [3.63, 3.8) is 0 Å². The molecular weight excluding hydrogens is 293 g/mol. The van der Waals surface area contributed by atoms with Gasteiger partial charge in [0.15, 0.2) is 12.4 Å². The first-order valence-electron chi connectivity index (χ1n) is 9.87. The fraction of sp³-hybridized carbons (Fsp3) is 0.762. The van der Waals surface area contributed by atoms with Crippen molar-refractivity contribution in [1.29, 1.82) is 0 Å². The summed E-state index contributed by atoms with van der Waals surface area (Å²) in [7, 11) is 0. The van der Waals surface area contributed by atoms with E-state index in [1.54, 1.807) is 0 Å². The normalized spacial score (nSPS) is 10.5. The number of hydrogen-bond donors (Lipinski definition) is 0. The molecule has 0 saturated heterocycles. The average molecular weight is 332 g/mol. The van der Waals surface area contributed by atoms with Crippen LogP contribution < -0.4 is 4.57 Å². The quantitative estimate of drug-likeness (QED) is 0.208. The van der Waals surface area contributed by atoms with Crippen LogP contribution in [0, 0.1) is 0 Å². The summed E-state index contributed by atoms with van der Waals surface area (Å²) in [5, 5.41) is 0. The molecule has 0 aliphatic carbocycles. The van der Waals surface area contributed by atoms with Gasteiger partial charge in [-0.3, -0.25) is 0 Å². The van der Waals surface area contributed by atoms with Gasteiger partial charge in [-0.05, 0) is 6.42 Å². The van der Waals surface area contributed by atoms with Crippen LogP contribution in [-0.4, -0.2) is 17.4 Å². The van der Waals surface area contributed by atoms with Crippen LogP contribution in [0.25, 0.3) is 0 Å². The molecule has 2 heteroatoms. The number of nitrogens with zero attached hydrogens (tertiary/aromatic N) is 1. The maximum absolute atomic E-state index is 2.29. The Hall–Kier alpha value is -0.318. The van der Waals surface area contributed by atoms with Crippen LogP contribution in [0.5, 0.6) is 0 Å². The van der Waals surface area contributed by atoms with Crippen LogP contribution in [0.4, 0.5) is 0 Å². The van der Waals surface area contributed by atoms with E-state index >= 15 is 0 Å². The molecule has 1 nitrogen and oxygen atoms in total. The molecule has 1 heterocycles. The molecule has 126 valence electrons. The molecule has 0 saturated carbocycles. The molecule has 0 fully saturated rings. The fourth-order valence-corrected chi connectivity index (χ4v) is 3.07. The smallest absolute Gasteiger partial charge is 0.205 e. The molecule has 0 atom stereocenters. The molecule has 0 spiro atoms. The number of aromatic nitrogens is 1. The molecular formula is C21H38AlN+4. The number of pyridine rings is 1. The topological polar surface area (TPSA) is 3.88 Å². The summed E-state index contributed by atoms with van der Waals surface area (Å²) in [5.74, 6) is 0. The van der Waals surface area contributed by atoms with Crippen LogP contribution >= 0.6 is 0 Å². The summed E-state index contributed by atoms with van der Waals surface area (Å²) in [4.78, 5) is 0. The van der Waals surface area contributed by atoms with Gasteiger partial charge in [-0.25, -0.2) is 4.57 Å². The molecule has 0 unspecified atom stereocenters. The Bertz CT molecular complexity index is 326. The van der Waals surface area contributed by atoms with Gasteiger partial charge in [-0.2, -0.15) is 0 Å². The largest absolute Gasteiger partial charge is 3.00 e. The third-order valence-electron chi connectivity index (χ3n) is 4.55. The van der Waals surface area contributed by atoms with Gasteiger partial charge in [-0.15, -0.1) is 0 Å². The number of aryl methyl sites for hydroxylation is 1. The summed E-state index contributed by atoms with van der Waals surface area (Å²) in [6.45, 7) is 3.47. The molecule has 0 radical (unpaired) electrons. The fourth-order valence-electron chi connectivity index (χ4n) is 3.07. The van der Waals surface area contributed by atoms with E-state index in [0.717, 1.165) is 0 Å². The third-order valence-corrected chi connectivity index (χ3v) is 4.55. The maximum Gasteiger partial charge on any atom is 3.00 e. The van der Waals surface area contributed by atoms with Crippen LogP contribution in [-0.2, 0) is 6.54 Å². The Morgan fingerprint density at radius 3 is 1.35 bits per heavy atom. The second-order valence-electron chi connectivity index (χ2n) is 6.71. The van der Waals surface area contributed by atoms with Crippen molar-refractivity contribution in [3.8, 4) is 0 Å². The van der Waals surface area contributed by atoms with E-state index < -0.39 is 0 Å². The predicted molar refractivity (Wildman–Crippen MR) is 103 cm³/mol. The minimum atomic E-state index is 0. The first kappa shape index (κ1) is 22.7. The van der Waals surface area contributed by atoms with Crippen LogP contribution in [0.3, 0.4) is 0 Å². The summed E-state index contributed by atoms with van der Waals surface area (Å²) in [6.07, 6.45) is 24.4. The van der Waals surface area contributed by atoms with E-state index in [1.807, 2.05) is 0 Å². The van der Waals surface area contributed by atoms with Gasteiger partial charge in [0.05, 0.1) is 0 Å². The SMILES string of the molecule is CCCCCCCCCCCCCCCC[n+]1ccccc1.[Al+3]. The Balaban J connectivity index is 0.00000484. The second-order valence-corrected chi connectivity index (χ2v) is 6.71. The van der Waals surface area contributed by atoms with Crippen LogP contribution in [0.15, 0.2) is 30.6 Å². The number of rotatable bonds is 15. The molecule has 0 aliphatic rings. The van der Waals surface area contributed by atoms with Crippen LogP contribution in [0.1, 0.15) is 96.8 Å². The van der Waals surface area contributed by atoms with Gasteiger partial charge in [-0.1, -0.05) is 90.0 Å². The van der Waals surface area contributed by atoms with E-state index in [4.69, 9.17) is 0 Å². The molecule has 1 aromatic heterocycles. The van der Waals surface area contributed by atoms with Gasteiger partial charge in [0.25, 0.3) is 0 Å². The van der Waals surface area contributed by atoms with E-state index in [1.165, 1.54) is 96.4 Å². The molecule has 0 N–H and O–H groups in total. The van der Waals surface area contributed by atoms with Gasteiger partial charge < -0.3 is 0 Å². The maximum atomic E-state index is 2.29.